The summed E-state index contributed by atoms with van der Waals surface area (Å²) < 4.78 is 22.4. The van der Waals surface area contributed by atoms with Crippen LogP contribution in [0, 0.1) is 0 Å². The molecule has 3 rings (SSSR count). The summed E-state index contributed by atoms with van der Waals surface area (Å²) in [6, 6.07) is 0. The normalized spacial score (nSPS) is 43.7. The fraction of sp³-hybridized carbons (Fsp3) is 0.929. The zero-order valence-electron chi connectivity index (χ0n) is 12.8. The highest BCUT2D eigenvalue weighted by Gasteiger charge is 2.62. The van der Waals surface area contributed by atoms with E-state index in [9.17, 15) is 9.90 Å². The second-order valence-electron chi connectivity index (χ2n) is 6.09. The molecule has 0 saturated carbocycles. The number of carbonyl (C=O) groups is 1. The van der Waals surface area contributed by atoms with Gasteiger partial charge in [0, 0.05) is 13.1 Å². The minimum Gasteiger partial charge on any atom is -0.387 e. The Bertz CT molecular complexity index is 424. The van der Waals surface area contributed by atoms with Crippen LogP contribution in [0.2, 0.25) is 0 Å². The van der Waals surface area contributed by atoms with Crippen LogP contribution in [0.25, 0.3) is 0 Å². The number of ether oxygens (including phenoxy) is 4. The van der Waals surface area contributed by atoms with Gasteiger partial charge in [0.2, 0.25) is 0 Å². The average molecular weight is 301 g/mol. The Morgan fingerprint density at radius 3 is 2.33 bits per heavy atom. The molecule has 3 aliphatic rings. The van der Waals surface area contributed by atoms with Gasteiger partial charge in [-0.2, -0.15) is 0 Å². The summed E-state index contributed by atoms with van der Waals surface area (Å²) in [7, 11) is 0. The van der Waals surface area contributed by atoms with Crippen molar-refractivity contribution in [1.29, 1.82) is 0 Å². The summed E-state index contributed by atoms with van der Waals surface area (Å²) in [5.74, 6) is -0.817. The molecule has 0 radical (unpaired) electrons. The highest BCUT2D eigenvalue weighted by molar-refractivity contribution is 5.84. The van der Waals surface area contributed by atoms with Gasteiger partial charge in [0.15, 0.2) is 18.2 Å². The number of likely N-dealkylation sites (N-methyl/N-ethyl adjacent to an activating group) is 1. The summed E-state index contributed by atoms with van der Waals surface area (Å²) in [6.45, 7) is 8.68. The number of aliphatic hydroxyl groups excluding tert-OH is 1. The molecule has 1 N–H and O–H groups in total. The maximum Gasteiger partial charge on any atom is 0.254 e. The molecule has 7 heteroatoms. The Labute approximate surface area is 124 Å². The molecule has 7 nitrogen and oxygen atoms in total. The minimum absolute atomic E-state index is 0.0555. The molecule has 1 amide bonds. The van der Waals surface area contributed by atoms with Gasteiger partial charge < -0.3 is 29.0 Å². The molecule has 0 aromatic heterocycles. The second-order valence-corrected chi connectivity index (χ2v) is 6.09. The van der Waals surface area contributed by atoms with E-state index in [1.807, 2.05) is 13.8 Å². The van der Waals surface area contributed by atoms with Crippen molar-refractivity contribution in [2.45, 2.75) is 70.3 Å². The van der Waals surface area contributed by atoms with Crippen molar-refractivity contribution in [3.63, 3.8) is 0 Å². The molecule has 3 fully saturated rings. The van der Waals surface area contributed by atoms with Crippen molar-refractivity contribution in [3.8, 4) is 0 Å². The standard InChI is InChI=1S/C14H23NO6/c1-5-15(6-2)12(17)11-10(18-11)8-7(16)9-13(19-8)21-14(3,4)20-9/h7-11,13,16H,5-6H2,1-4H3/t7-,8-,9+,10-,11+,13+/m0/s1. The minimum atomic E-state index is -0.851. The van der Waals surface area contributed by atoms with Crippen LogP contribution in [0.3, 0.4) is 0 Å². The van der Waals surface area contributed by atoms with Gasteiger partial charge in [0.25, 0.3) is 5.91 Å². The molecule has 0 aromatic carbocycles. The number of carbonyl (C=O) groups excluding carboxylic acids is 1. The number of fused-ring (bicyclic) bond motifs is 1. The summed E-state index contributed by atoms with van der Waals surface area (Å²) in [6.07, 6.45) is -3.52. The maximum atomic E-state index is 12.2. The van der Waals surface area contributed by atoms with Gasteiger partial charge in [-0.15, -0.1) is 0 Å². The molecule has 6 atom stereocenters. The third-order valence-corrected chi connectivity index (χ3v) is 4.22. The topological polar surface area (TPSA) is 80.8 Å². The monoisotopic (exact) mass is 301 g/mol. The Morgan fingerprint density at radius 2 is 1.76 bits per heavy atom. The van der Waals surface area contributed by atoms with E-state index in [1.54, 1.807) is 18.7 Å². The number of aliphatic hydroxyl groups is 1. The molecular weight excluding hydrogens is 278 g/mol. The fourth-order valence-electron chi connectivity index (χ4n) is 3.08. The van der Waals surface area contributed by atoms with Crippen molar-refractivity contribution in [1.82, 2.24) is 4.90 Å². The second kappa shape index (κ2) is 5.17. The van der Waals surface area contributed by atoms with Crippen molar-refractivity contribution in [3.05, 3.63) is 0 Å². The largest absolute Gasteiger partial charge is 0.387 e. The zero-order valence-corrected chi connectivity index (χ0v) is 12.8. The van der Waals surface area contributed by atoms with E-state index < -0.39 is 42.6 Å². The molecule has 21 heavy (non-hydrogen) atoms. The highest BCUT2D eigenvalue weighted by Crippen LogP contribution is 2.42. The van der Waals surface area contributed by atoms with Gasteiger partial charge in [-0.25, -0.2) is 0 Å². The van der Waals surface area contributed by atoms with Gasteiger partial charge in [-0.3, -0.25) is 4.79 Å². The van der Waals surface area contributed by atoms with Crippen LogP contribution in [0.15, 0.2) is 0 Å². The van der Waals surface area contributed by atoms with Gasteiger partial charge in [0.05, 0.1) is 0 Å². The van der Waals surface area contributed by atoms with E-state index in [2.05, 4.69) is 0 Å². The van der Waals surface area contributed by atoms with E-state index in [0.717, 1.165) is 0 Å². The first-order valence-corrected chi connectivity index (χ1v) is 7.51. The average Bonchev–Trinajstić information content (AvgIpc) is 3.08. The van der Waals surface area contributed by atoms with Gasteiger partial charge in [-0.1, -0.05) is 0 Å². The predicted octanol–water partition coefficient (Wildman–Crippen LogP) is -0.140. The van der Waals surface area contributed by atoms with Crippen LogP contribution in [0.5, 0.6) is 0 Å². The Balaban J connectivity index is 1.60. The third-order valence-electron chi connectivity index (χ3n) is 4.22. The van der Waals surface area contributed by atoms with Crippen molar-refractivity contribution in [2.75, 3.05) is 13.1 Å². The number of hydrogen-bond donors (Lipinski definition) is 1. The van der Waals surface area contributed by atoms with Gasteiger partial charge in [0.1, 0.15) is 24.4 Å². The van der Waals surface area contributed by atoms with Crippen LogP contribution in [0.4, 0.5) is 0 Å². The lowest BCUT2D eigenvalue weighted by Crippen LogP contribution is -2.40. The highest BCUT2D eigenvalue weighted by atomic mass is 16.8. The fourth-order valence-corrected chi connectivity index (χ4v) is 3.08. The summed E-state index contributed by atoms with van der Waals surface area (Å²) in [5.41, 5.74) is 0. The lowest BCUT2D eigenvalue weighted by atomic mass is 10.1. The van der Waals surface area contributed by atoms with E-state index in [4.69, 9.17) is 18.9 Å². The number of nitrogens with zero attached hydrogens (tertiary/aromatic N) is 1. The van der Waals surface area contributed by atoms with E-state index >= 15 is 0 Å². The van der Waals surface area contributed by atoms with E-state index in [-0.39, 0.29) is 5.91 Å². The summed E-state index contributed by atoms with van der Waals surface area (Å²) in [5, 5.41) is 10.3. The van der Waals surface area contributed by atoms with Crippen molar-refractivity contribution < 1.29 is 28.8 Å². The van der Waals surface area contributed by atoms with Crippen LogP contribution in [0.1, 0.15) is 27.7 Å². The van der Waals surface area contributed by atoms with Crippen molar-refractivity contribution in [2.24, 2.45) is 0 Å². The first-order valence-electron chi connectivity index (χ1n) is 7.51. The van der Waals surface area contributed by atoms with Crippen LogP contribution < -0.4 is 0 Å². The summed E-state index contributed by atoms with van der Waals surface area (Å²) in [4.78, 5) is 13.9. The molecule has 0 unspecified atom stereocenters. The molecule has 3 heterocycles. The van der Waals surface area contributed by atoms with Gasteiger partial charge in [-0.05, 0) is 27.7 Å². The number of hydrogen-bond acceptors (Lipinski definition) is 6. The zero-order chi connectivity index (χ0) is 15.4. The molecule has 0 spiro atoms. The molecular formula is C14H23NO6. The Kier molecular flexibility index (Phi) is 3.74. The van der Waals surface area contributed by atoms with E-state index in [1.165, 1.54) is 0 Å². The SMILES string of the molecule is CCN(CC)C(=O)[C@@H]1O[C@H]1[C@H]1O[C@@H]2OC(C)(C)O[C@@H]2[C@H]1O. The Morgan fingerprint density at radius 1 is 1.10 bits per heavy atom. The van der Waals surface area contributed by atoms with E-state index in [0.29, 0.717) is 13.1 Å². The number of epoxide rings is 1. The smallest absolute Gasteiger partial charge is 0.254 e. The Hall–Kier alpha value is -0.730. The van der Waals surface area contributed by atoms with Crippen molar-refractivity contribution >= 4 is 5.91 Å². The molecule has 3 saturated heterocycles. The lowest BCUT2D eigenvalue weighted by molar-refractivity contribution is -0.216. The molecule has 3 aliphatic heterocycles. The first-order chi connectivity index (χ1) is 9.88. The molecule has 0 aromatic rings. The number of rotatable bonds is 4. The van der Waals surface area contributed by atoms with Crippen LogP contribution in [-0.4, -0.2) is 71.6 Å². The molecule has 120 valence electrons. The first kappa shape index (κ1) is 15.2. The lowest BCUT2D eigenvalue weighted by Gasteiger charge is -2.22. The predicted molar refractivity (Wildman–Crippen MR) is 71.3 cm³/mol. The quantitative estimate of drug-likeness (QED) is 0.728. The number of amides is 1. The molecule has 0 aliphatic carbocycles. The molecule has 0 bridgehead atoms. The third kappa shape index (κ3) is 2.57. The maximum absolute atomic E-state index is 12.2. The van der Waals surface area contributed by atoms with Gasteiger partial charge >= 0.3 is 0 Å². The van der Waals surface area contributed by atoms with Crippen LogP contribution >= 0.6 is 0 Å². The van der Waals surface area contributed by atoms with Crippen LogP contribution in [-0.2, 0) is 23.7 Å². The summed E-state index contributed by atoms with van der Waals surface area (Å²) >= 11 is 0.